The van der Waals surface area contributed by atoms with E-state index in [0.29, 0.717) is 0 Å². The highest BCUT2D eigenvalue weighted by atomic mass is 14.9. The Kier molecular flexibility index (Phi) is 4.54. The van der Waals surface area contributed by atoms with Gasteiger partial charge >= 0.3 is 0 Å². The monoisotopic (exact) mass is 239 g/mol. The smallest absolute Gasteiger partial charge is 0.0208 e. The molecule has 0 spiro atoms. The maximum atomic E-state index is 3.43. The maximum absolute atomic E-state index is 3.43. The molecule has 0 aliphatic carbocycles. The molecular formula is C17H21N. The molecule has 2 aromatic carbocycles. The molecule has 1 N–H and O–H groups in total. The first-order valence-corrected chi connectivity index (χ1v) is 6.83. The van der Waals surface area contributed by atoms with Crippen molar-refractivity contribution in [1.29, 1.82) is 0 Å². The van der Waals surface area contributed by atoms with Gasteiger partial charge in [0.25, 0.3) is 0 Å². The summed E-state index contributed by atoms with van der Waals surface area (Å²) in [5, 5.41) is 6.12. The first-order valence-electron chi connectivity index (χ1n) is 6.83. The van der Waals surface area contributed by atoms with Crippen molar-refractivity contribution in [3.05, 3.63) is 54.1 Å². The number of rotatable bonds is 1. The summed E-state index contributed by atoms with van der Waals surface area (Å²) >= 11 is 0. The van der Waals surface area contributed by atoms with Gasteiger partial charge in [0.05, 0.1) is 0 Å². The van der Waals surface area contributed by atoms with Crippen molar-refractivity contribution in [2.24, 2.45) is 0 Å². The van der Waals surface area contributed by atoms with Gasteiger partial charge < -0.3 is 5.32 Å². The van der Waals surface area contributed by atoms with Gasteiger partial charge in [-0.05, 0) is 34.9 Å². The Balaban J connectivity index is 0.000000574. The second kappa shape index (κ2) is 6.36. The van der Waals surface area contributed by atoms with Crippen molar-refractivity contribution < 1.29 is 0 Å². The van der Waals surface area contributed by atoms with Crippen molar-refractivity contribution in [2.45, 2.75) is 20.3 Å². The number of benzene rings is 2. The molecule has 1 aliphatic heterocycles. The van der Waals surface area contributed by atoms with Gasteiger partial charge in [-0.15, -0.1) is 0 Å². The largest absolute Gasteiger partial charge is 0.312 e. The van der Waals surface area contributed by atoms with Crippen LogP contribution in [0.3, 0.4) is 0 Å². The summed E-state index contributed by atoms with van der Waals surface area (Å²) in [5.41, 5.74) is 2.81. The normalized spacial score (nSPS) is 14.7. The molecule has 1 nitrogen and oxygen atoms in total. The molecule has 0 saturated carbocycles. The Morgan fingerprint density at radius 1 is 0.944 bits per heavy atom. The molecule has 0 fully saturated rings. The predicted molar refractivity (Wildman–Crippen MR) is 80.8 cm³/mol. The lowest BCUT2D eigenvalue weighted by molar-refractivity contribution is 0.739. The second-order valence-electron chi connectivity index (χ2n) is 4.22. The van der Waals surface area contributed by atoms with Crippen LogP contribution in [0.2, 0.25) is 0 Å². The SMILES string of the molecule is C1=C(c2cccc3ccccc23)CNCC1.CC. The molecule has 1 aliphatic rings. The van der Waals surface area contributed by atoms with Crippen LogP contribution in [0.4, 0.5) is 0 Å². The third-order valence-electron chi connectivity index (χ3n) is 3.16. The summed E-state index contributed by atoms with van der Waals surface area (Å²) in [5.74, 6) is 0. The van der Waals surface area contributed by atoms with Crippen LogP contribution in [0, 0.1) is 0 Å². The molecule has 0 bridgehead atoms. The minimum Gasteiger partial charge on any atom is -0.312 e. The Labute approximate surface area is 110 Å². The minimum atomic E-state index is 0.994. The van der Waals surface area contributed by atoms with Gasteiger partial charge in [-0.2, -0.15) is 0 Å². The highest BCUT2D eigenvalue weighted by Crippen LogP contribution is 2.25. The van der Waals surface area contributed by atoms with E-state index in [0.717, 1.165) is 19.5 Å². The molecule has 94 valence electrons. The zero-order chi connectivity index (χ0) is 12.8. The minimum absolute atomic E-state index is 0.994. The van der Waals surface area contributed by atoms with Gasteiger partial charge in [-0.3, -0.25) is 0 Å². The Morgan fingerprint density at radius 3 is 2.50 bits per heavy atom. The van der Waals surface area contributed by atoms with Crippen LogP contribution in [-0.2, 0) is 0 Å². The van der Waals surface area contributed by atoms with E-state index in [1.54, 1.807) is 0 Å². The lowest BCUT2D eigenvalue weighted by Crippen LogP contribution is -2.21. The lowest BCUT2D eigenvalue weighted by Gasteiger charge is -2.16. The van der Waals surface area contributed by atoms with Crippen molar-refractivity contribution in [3.63, 3.8) is 0 Å². The van der Waals surface area contributed by atoms with Gasteiger partial charge in [0.1, 0.15) is 0 Å². The molecular weight excluding hydrogens is 218 g/mol. The quantitative estimate of drug-likeness (QED) is 0.784. The van der Waals surface area contributed by atoms with E-state index >= 15 is 0 Å². The lowest BCUT2D eigenvalue weighted by atomic mass is 9.96. The van der Waals surface area contributed by atoms with E-state index in [4.69, 9.17) is 0 Å². The molecule has 1 heterocycles. The van der Waals surface area contributed by atoms with E-state index in [9.17, 15) is 0 Å². The van der Waals surface area contributed by atoms with Crippen LogP contribution < -0.4 is 5.32 Å². The zero-order valence-electron chi connectivity index (χ0n) is 11.2. The fourth-order valence-corrected chi connectivity index (χ4v) is 2.35. The molecule has 18 heavy (non-hydrogen) atoms. The van der Waals surface area contributed by atoms with Gasteiger partial charge in [0.15, 0.2) is 0 Å². The molecule has 0 saturated heterocycles. The van der Waals surface area contributed by atoms with E-state index in [1.165, 1.54) is 21.9 Å². The molecule has 0 unspecified atom stereocenters. The van der Waals surface area contributed by atoms with Crippen molar-refractivity contribution in [2.75, 3.05) is 13.1 Å². The van der Waals surface area contributed by atoms with Crippen molar-refractivity contribution in [3.8, 4) is 0 Å². The van der Waals surface area contributed by atoms with Gasteiger partial charge in [-0.25, -0.2) is 0 Å². The average Bonchev–Trinajstić information content (AvgIpc) is 2.50. The Hall–Kier alpha value is -1.60. The topological polar surface area (TPSA) is 12.0 Å². The third kappa shape index (κ3) is 2.62. The van der Waals surface area contributed by atoms with Crippen LogP contribution in [0.1, 0.15) is 25.8 Å². The summed E-state index contributed by atoms with van der Waals surface area (Å²) in [4.78, 5) is 0. The van der Waals surface area contributed by atoms with E-state index in [-0.39, 0.29) is 0 Å². The highest BCUT2D eigenvalue weighted by Gasteiger charge is 2.08. The van der Waals surface area contributed by atoms with Crippen LogP contribution >= 0.6 is 0 Å². The van der Waals surface area contributed by atoms with Gasteiger partial charge in [0.2, 0.25) is 0 Å². The number of hydrogen-bond donors (Lipinski definition) is 1. The summed E-state index contributed by atoms with van der Waals surface area (Å²) in [6.45, 7) is 6.10. The predicted octanol–water partition coefficient (Wildman–Crippen LogP) is 4.24. The Bertz CT molecular complexity index is 535. The average molecular weight is 239 g/mol. The molecule has 0 aromatic heterocycles. The maximum Gasteiger partial charge on any atom is 0.0208 e. The fraction of sp³-hybridized carbons (Fsp3) is 0.294. The summed E-state index contributed by atoms with van der Waals surface area (Å²) in [7, 11) is 0. The highest BCUT2D eigenvalue weighted by molar-refractivity contribution is 5.94. The number of hydrogen-bond acceptors (Lipinski definition) is 1. The van der Waals surface area contributed by atoms with Gasteiger partial charge in [0, 0.05) is 6.54 Å². The third-order valence-corrected chi connectivity index (χ3v) is 3.16. The molecule has 2 aromatic rings. The molecule has 1 heteroatoms. The van der Waals surface area contributed by atoms with E-state index in [1.807, 2.05) is 13.8 Å². The van der Waals surface area contributed by atoms with Gasteiger partial charge in [-0.1, -0.05) is 62.4 Å². The first kappa shape index (κ1) is 12.8. The molecule has 0 amide bonds. The number of fused-ring (bicyclic) bond motifs is 1. The summed E-state index contributed by atoms with van der Waals surface area (Å²) in [6, 6.07) is 15.1. The van der Waals surface area contributed by atoms with E-state index < -0.39 is 0 Å². The first-order chi connectivity index (χ1) is 8.95. The zero-order valence-corrected chi connectivity index (χ0v) is 11.2. The van der Waals surface area contributed by atoms with E-state index in [2.05, 4.69) is 53.9 Å². The standard InChI is InChI=1S/C15H15N.C2H6/c1-2-8-14-12(5-1)6-3-9-15(14)13-7-4-10-16-11-13;1-2/h1-3,5-9,16H,4,10-11H2;1-2H3. The molecule has 3 rings (SSSR count). The molecule has 0 atom stereocenters. The van der Waals surface area contributed by atoms with Crippen LogP contribution in [-0.4, -0.2) is 13.1 Å². The molecule has 0 radical (unpaired) electrons. The Morgan fingerprint density at radius 2 is 1.72 bits per heavy atom. The summed E-state index contributed by atoms with van der Waals surface area (Å²) in [6.07, 6.45) is 3.50. The summed E-state index contributed by atoms with van der Waals surface area (Å²) < 4.78 is 0. The van der Waals surface area contributed by atoms with Crippen LogP contribution in [0.5, 0.6) is 0 Å². The second-order valence-corrected chi connectivity index (χ2v) is 4.22. The van der Waals surface area contributed by atoms with Crippen LogP contribution in [0.15, 0.2) is 48.5 Å². The van der Waals surface area contributed by atoms with Crippen molar-refractivity contribution >= 4 is 16.3 Å². The van der Waals surface area contributed by atoms with Crippen LogP contribution in [0.25, 0.3) is 16.3 Å². The van der Waals surface area contributed by atoms with Crippen molar-refractivity contribution in [1.82, 2.24) is 5.32 Å². The fourth-order valence-electron chi connectivity index (χ4n) is 2.35. The number of nitrogens with one attached hydrogen (secondary N) is 1.